The van der Waals surface area contributed by atoms with Crippen molar-refractivity contribution in [2.75, 3.05) is 13.1 Å². The molecule has 1 saturated heterocycles. The van der Waals surface area contributed by atoms with Crippen molar-refractivity contribution in [3.05, 3.63) is 44.3 Å². The third-order valence-corrected chi connectivity index (χ3v) is 8.50. The number of hydrogen-bond acceptors (Lipinski definition) is 5. The first-order chi connectivity index (χ1) is 14.1. The number of thiophene rings is 2. The van der Waals surface area contributed by atoms with E-state index in [1.54, 1.807) is 22.7 Å². The molecule has 3 amide bonds. The minimum atomic E-state index is -0.145. The van der Waals surface area contributed by atoms with E-state index >= 15 is 0 Å². The first-order valence-corrected chi connectivity index (χ1v) is 12.2. The molecule has 0 bridgehead atoms. The van der Waals surface area contributed by atoms with Crippen molar-refractivity contribution >= 4 is 40.4 Å². The smallest absolute Gasteiger partial charge is 0.233 e. The predicted molar refractivity (Wildman–Crippen MR) is 113 cm³/mol. The highest BCUT2D eigenvalue weighted by Crippen LogP contribution is 2.40. The molecular formula is C22H24N2O3S2. The number of imide groups is 1. The molecule has 1 aliphatic carbocycles. The minimum absolute atomic E-state index is 0.0238. The van der Waals surface area contributed by atoms with Crippen LogP contribution in [-0.2, 0) is 20.8 Å². The van der Waals surface area contributed by atoms with Gasteiger partial charge >= 0.3 is 0 Å². The Hall–Kier alpha value is -1.99. The van der Waals surface area contributed by atoms with Crippen LogP contribution in [0.15, 0.2) is 29.0 Å². The van der Waals surface area contributed by atoms with Crippen molar-refractivity contribution < 1.29 is 14.4 Å². The van der Waals surface area contributed by atoms with Gasteiger partial charge in [0.25, 0.3) is 0 Å². The van der Waals surface area contributed by atoms with Gasteiger partial charge in [-0.2, -0.15) is 0 Å². The van der Waals surface area contributed by atoms with Gasteiger partial charge in [-0.15, -0.1) is 22.7 Å². The third-order valence-electron chi connectivity index (χ3n) is 6.58. The Morgan fingerprint density at radius 3 is 2.48 bits per heavy atom. The van der Waals surface area contributed by atoms with E-state index in [4.69, 9.17) is 0 Å². The first kappa shape index (κ1) is 19.0. The number of fused-ring (bicyclic) bond motifs is 2. The number of nitrogens with zero attached hydrogens (tertiary/aromatic N) is 2. The number of likely N-dealkylation sites (tertiary alicyclic amines) is 1. The Balaban J connectivity index is 1.32. The molecule has 2 aliphatic heterocycles. The zero-order valence-electron chi connectivity index (χ0n) is 16.2. The van der Waals surface area contributed by atoms with Crippen LogP contribution in [0.1, 0.15) is 53.5 Å². The third kappa shape index (κ3) is 3.24. The van der Waals surface area contributed by atoms with E-state index in [0.717, 1.165) is 37.0 Å². The average Bonchev–Trinajstić information content (AvgIpc) is 3.48. The zero-order valence-corrected chi connectivity index (χ0v) is 17.8. The number of hydrogen-bond donors (Lipinski definition) is 0. The lowest BCUT2D eigenvalue weighted by atomic mass is 9.81. The maximum absolute atomic E-state index is 13.2. The minimum Gasteiger partial charge on any atom is -0.330 e. The molecule has 1 saturated carbocycles. The highest BCUT2D eigenvalue weighted by Gasteiger charge is 2.48. The van der Waals surface area contributed by atoms with Gasteiger partial charge < -0.3 is 4.90 Å². The van der Waals surface area contributed by atoms with Crippen molar-refractivity contribution in [3.8, 4) is 0 Å². The van der Waals surface area contributed by atoms with Crippen molar-refractivity contribution in [1.82, 2.24) is 9.80 Å². The average molecular weight is 429 g/mol. The molecule has 5 rings (SSSR count). The van der Waals surface area contributed by atoms with E-state index in [-0.39, 0.29) is 48.6 Å². The second-order valence-corrected chi connectivity index (χ2v) is 10.1. The largest absolute Gasteiger partial charge is 0.330 e. The Morgan fingerprint density at radius 1 is 1.03 bits per heavy atom. The van der Waals surface area contributed by atoms with Crippen LogP contribution in [-0.4, -0.2) is 40.6 Å². The fourth-order valence-electron chi connectivity index (χ4n) is 5.14. The molecule has 3 atom stereocenters. The van der Waals surface area contributed by atoms with E-state index in [9.17, 15) is 14.4 Å². The summed E-state index contributed by atoms with van der Waals surface area (Å²) in [5.41, 5.74) is 1.22. The van der Waals surface area contributed by atoms with Gasteiger partial charge in [-0.1, -0.05) is 18.9 Å². The lowest BCUT2D eigenvalue weighted by Gasteiger charge is -2.36. The SMILES string of the molecule is O=C1[C@@H]2CCCC[C@H]2C(=O)N1CCC(=O)N1CCc2sccc2[C@@H]1c1cccs1. The van der Waals surface area contributed by atoms with Crippen LogP contribution in [0.4, 0.5) is 0 Å². The summed E-state index contributed by atoms with van der Waals surface area (Å²) in [7, 11) is 0. The molecule has 2 fully saturated rings. The quantitative estimate of drug-likeness (QED) is 0.695. The van der Waals surface area contributed by atoms with E-state index in [2.05, 4.69) is 17.5 Å². The first-order valence-electron chi connectivity index (χ1n) is 10.4. The van der Waals surface area contributed by atoms with E-state index in [1.165, 1.54) is 15.3 Å². The monoisotopic (exact) mass is 428 g/mol. The summed E-state index contributed by atoms with van der Waals surface area (Å²) in [5, 5.41) is 4.14. The van der Waals surface area contributed by atoms with Gasteiger partial charge in [-0.3, -0.25) is 19.3 Å². The van der Waals surface area contributed by atoms with Crippen LogP contribution in [0.5, 0.6) is 0 Å². The summed E-state index contributed by atoms with van der Waals surface area (Å²) in [5.74, 6) is -0.375. The molecule has 7 heteroatoms. The molecule has 0 spiro atoms. The van der Waals surface area contributed by atoms with Gasteiger partial charge in [-0.25, -0.2) is 0 Å². The normalized spacial score (nSPS) is 26.6. The van der Waals surface area contributed by atoms with E-state index < -0.39 is 0 Å². The van der Waals surface area contributed by atoms with Crippen LogP contribution in [0.3, 0.4) is 0 Å². The molecule has 152 valence electrons. The Bertz CT molecular complexity index is 912. The van der Waals surface area contributed by atoms with E-state index in [0.29, 0.717) is 6.54 Å². The second-order valence-electron chi connectivity index (χ2n) is 8.13. The van der Waals surface area contributed by atoms with Gasteiger partial charge in [0.05, 0.1) is 17.9 Å². The topological polar surface area (TPSA) is 57.7 Å². The van der Waals surface area contributed by atoms with Crippen LogP contribution in [0.25, 0.3) is 0 Å². The molecule has 0 unspecified atom stereocenters. The Kier molecular flexibility index (Phi) is 5.04. The lowest BCUT2D eigenvalue weighted by Crippen LogP contribution is -2.42. The summed E-state index contributed by atoms with van der Waals surface area (Å²) in [4.78, 5) is 44.4. The predicted octanol–water partition coefficient (Wildman–Crippen LogP) is 3.85. The maximum Gasteiger partial charge on any atom is 0.233 e. The number of carbonyl (C=O) groups is 3. The fraction of sp³-hybridized carbons (Fsp3) is 0.500. The molecule has 0 radical (unpaired) electrons. The summed E-state index contributed by atoms with van der Waals surface area (Å²) >= 11 is 3.42. The number of carbonyl (C=O) groups excluding carboxylic acids is 3. The lowest BCUT2D eigenvalue weighted by molar-refractivity contribution is -0.141. The van der Waals surface area contributed by atoms with Gasteiger partial charge in [0.1, 0.15) is 0 Å². The Labute approximate surface area is 178 Å². The molecule has 2 aromatic rings. The Morgan fingerprint density at radius 2 is 1.79 bits per heavy atom. The maximum atomic E-state index is 13.2. The number of rotatable bonds is 4. The summed E-state index contributed by atoms with van der Waals surface area (Å²) in [6.45, 7) is 0.899. The van der Waals surface area contributed by atoms with Crippen molar-refractivity contribution in [2.45, 2.75) is 44.6 Å². The standard InChI is InChI=1S/C22H24N2O3S2/c25-19(8-11-24-21(26)14-4-1-2-5-15(14)22(24)27)23-10-7-17-16(9-13-29-17)20(23)18-6-3-12-28-18/h3,6,9,12-15,20H,1-2,4-5,7-8,10-11H2/t14-,15-,20-/m1/s1. The van der Waals surface area contributed by atoms with Gasteiger partial charge in [0.15, 0.2) is 0 Å². The molecule has 0 N–H and O–H groups in total. The summed E-state index contributed by atoms with van der Waals surface area (Å²) in [6.07, 6.45) is 4.74. The second kappa shape index (κ2) is 7.69. The van der Waals surface area contributed by atoms with Crippen LogP contribution < -0.4 is 0 Å². The van der Waals surface area contributed by atoms with Gasteiger partial charge in [-0.05, 0) is 47.7 Å². The van der Waals surface area contributed by atoms with E-state index in [1.807, 2.05) is 16.3 Å². The van der Waals surface area contributed by atoms with Gasteiger partial charge in [0, 0.05) is 29.3 Å². The highest BCUT2D eigenvalue weighted by atomic mass is 32.1. The number of amides is 3. The summed E-state index contributed by atoms with van der Waals surface area (Å²) in [6, 6.07) is 6.18. The molecule has 5 nitrogen and oxygen atoms in total. The zero-order chi connectivity index (χ0) is 20.0. The van der Waals surface area contributed by atoms with Crippen LogP contribution in [0, 0.1) is 11.8 Å². The van der Waals surface area contributed by atoms with Crippen molar-refractivity contribution in [3.63, 3.8) is 0 Å². The highest BCUT2D eigenvalue weighted by molar-refractivity contribution is 7.10. The van der Waals surface area contributed by atoms with Crippen LogP contribution in [0.2, 0.25) is 0 Å². The molecule has 2 aromatic heterocycles. The molecule has 0 aromatic carbocycles. The fourth-order valence-corrected chi connectivity index (χ4v) is 6.90. The molecule has 4 heterocycles. The van der Waals surface area contributed by atoms with Crippen molar-refractivity contribution in [2.24, 2.45) is 11.8 Å². The summed E-state index contributed by atoms with van der Waals surface area (Å²) < 4.78 is 0. The molecular weight excluding hydrogens is 404 g/mol. The van der Waals surface area contributed by atoms with Crippen LogP contribution >= 0.6 is 22.7 Å². The molecule has 29 heavy (non-hydrogen) atoms. The molecule has 3 aliphatic rings. The van der Waals surface area contributed by atoms with Crippen molar-refractivity contribution in [1.29, 1.82) is 0 Å². The van der Waals surface area contributed by atoms with Gasteiger partial charge in [0.2, 0.25) is 17.7 Å².